The van der Waals surface area contributed by atoms with E-state index in [1.54, 1.807) is 25.4 Å². The van der Waals surface area contributed by atoms with Crippen molar-refractivity contribution in [2.75, 3.05) is 5.32 Å². The van der Waals surface area contributed by atoms with E-state index in [9.17, 15) is 27.6 Å². The predicted octanol–water partition coefficient (Wildman–Crippen LogP) is 3.39. The van der Waals surface area contributed by atoms with E-state index in [0.29, 0.717) is 27.8 Å². The van der Waals surface area contributed by atoms with Crippen LogP contribution >= 0.6 is 0 Å². The third-order valence-corrected chi connectivity index (χ3v) is 7.41. The normalized spacial score (nSPS) is 19.8. The summed E-state index contributed by atoms with van der Waals surface area (Å²) in [5.74, 6) is -0.321. The fraction of sp³-hybridized carbons (Fsp3) is 0.370. The Bertz CT molecular complexity index is 1680. The van der Waals surface area contributed by atoms with Crippen LogP contribution in [-0.2, 0) is 22.7 Å². The van der Waals surface area contributed by atoms with E-state index in [2.05, 4.69) is 25.5 Å². The number of nitrogens with one attached hydrogen (secondary N) is 1. The highest BCUT2D eigenvalue weighted by Crippen LogP contribution is 2.48. The van der Waals surface area contributed by atoms with Crippen LogP contribution in [0.2, 0.25) is 0 Å². The molecule has 3 aromatic heterocycles. The molecule has 1 saturated carbocycles. The topological polar surface area (TPSA) is 128 Å². The minimum Gasteiger partial charge on any atom is -0.326 e. The van der Waals surface area contributed by atoms with E-state index >= 15 is 0 Å². The monoisotopic (exact) mass is 566 g/mol. The second-order valence-corrected chi connectivity index (χ2v) is 10.4. The zero-order valence-electron chi connectivity index (χ0n) is 22.1. The number of piperidine rings is 1. The minimum absolute atomic E-state index is 0.0221. The number of nitrogens with zero attached hydrogens (tertiary/aromatic N) is 7. The van der Waals surface area contributed by atoms with Crippen molar-refractivity contribution in [3.63, 3.8) is 0 Å². The Hall–Kier alpha value is -4.62. The summed E-state index contributed by atoms with van der Waals surface area (Å²) < 4.78 is 40.1. The third-order valence-electron chi connectivity index (χ3n) is 7.41. The summed E-state index contributed by atoms with van der Waals surface area (Å²) in [5, 5.41) is 11.3. The first-order valence-electron chi connectivity index (χ1n) is 13.0. The smallest absolute Gasteiger partial charge is 0.326 e. The van der Waals surface area contributed by atoms with Crippen LogP contribution in [0.25, 0.3) is 22.0 Å². The molecule has 0 unspecified atom stereocenters. The van der Waals surface area contributed by atoms with Gasteiger partial charge in [0.05, 0.1) is 5.52 Å². The zero-order chi connectivity index (χ0) is 29.1. The summed E-state index contributed by atoms with van der Waals surface area (Å²) in [6.07, 6.45) is 1.29. The SMILES string of the molecule is CC(=O)c1nn(CC(=O)N2[C@@H]3C[C@@H]3C[C@H]2C(=O)Nc2ccn(CC(F)(F)F)n2)c2ccc(-c3cnc(C)nc3)cc12. The molecule has 1 aromatic carbocycles. The van der Waals surface area contributed by atoms with Crippen LogP contribution in [0, 0.1) is 12.8 Å². The molecule has 2 amide bonds. The zero-order valence-corrected chi connectivity index (χ0v) is 22.1. The average Bonchev–Trinajstić information content (AvgIpc) is 3.20. The molecule has 4 heterocycles. The highest BCUT2D eigenvalue weighted by Gasteiger charge is 2.56. The van der Waals surface area contributed by atoms with Gasteiger partial charge >= 0.3 is 6.18 Å². The van der Waals surface area contributed by atoms with Gasteiger partial charge in [-0.2, -0.15) is 23.4 Å². The number of halogens is 3. The summed E-state index contributed by atoms with van der Waals surface area (Å²) in [5.41, 5.74) is 2.37. The number of rotatable bonds is 7. The van der Waals surface area contributed by atoms with Gasteiger partial charge < -0.3 is 10.2 Å². The Morgan fingerprint density at radius 1 is 1.05 bits per heavy atom. The summed E-state index contributed by atoms with van der Waals surface area (Å²) in [4.78, 5) is 49.1. The number of anilines is 1. The molecule has 1 aliphatic heterocycles. The van der Waals surface area contributed by atoms with Crippen LogP contribution < -0.4 is 5.32 Å². The highest BCUT2D eigenvalue weighted by molar-refractivity contribution is 6.06. The highest BCUT2D eigenvalue weighted by atomic mass is 19.4. The molecular formula is C27H25F3N8O3. The molecule has 0 radical (unpaired) electrons. The number of aromatic nitrogens is 6. The first kappa shape index (κ1) is 26.6. The van der Waals surface area contributed by atoms with E-state index in [-0.39, 0.29) is 41.7 Å². The van der Waals surface area contributed by atoms with Crippen molar-refractivity contribution in [2.45, 2.75) is 58.0 Å². The minimum atomic E-state index is -4.45. The number of carbonyl (C=O) groups is 3. The van der Waals surface area contributed by atoms with Crippen molar-refractivity contribution >= 4 is 34.3 Å². The summed E-state index contributed by atoms with van der Waals surface area (Å²) in [7, 11) is 0. The lowest BCUT2D eigenvalue weighted by molar-refractivity contribution is -0.142. The van der Waals surface area contributed by atoms with Gasteiger partial charge in [-0.05, 0) is 43.4 Å². The van der Waals surface area contributed by atoms with Crippen molar-refractivity contribution in [1.29, 1.82) is 0 Å². The van der Waals surface area contributed by atoms with Gasteiger partial charge in [0.1, 0.15) is 30.6 Å². The number of amides is 2. The van der Waals surface area contributed by atoms with Crippen molar-refractivity contribution in [2.24, 2.45) is 5.92 Å². The second kappa shape index (κ2) is 9.78. The third kappa shape index (κ3) is 5.28. The van der Waals surface area contributed by atoms with E-state index in [1.165, 1.54) is 22.6 Å². The molecular weight excluding hydrogens is 541 g/mol. The van der Waals surface area contributed by atoms with Crippen LogP contribution in [0.1, 0.15) is 36.1 Å². The van der Waals surface area contributed by atoms with E-state index in [4.69, 9.17) is 0 Å². The molecule has 2 aliphatic rings. The molecule has 1 aliphatic carbocycles. The molecule has 3 atom stereocenters. The van der Waals surface area contributed by atoms with Gasteiger partial charge in [-0.15, -0.1) is 0 Å². The van der Waals surface area contributed by atoms with Crippen LogP contribution in [0.15, 0.2) is 42.9 Å². The number of hydrogen-bond acceptors (Lipinski definition) is 7. The Labute approximate surface area is 231 Å². The molecule has 212 valence electrons. The van der Waals surface area contributed by atoms with Crippen LogP contribution in [0.4, 0.5) is 19.0 Å². The Kier molecular flexibility index (Phi) is 6.35. The largest absolute Gasteiger partial charge is 0.408 e. The Balaban J connectivity index is 1.22. The second-order valence-electron chi connectivity index (χ2n) is 10.4. The van der Waals surface area contributed by atoms with Crippen molar-refractivity contribution < 1.29 is 27.6 Å². The van der Waals surface area contributed by atoms with E-state index in [1.807, 2.05) is 12.1 Å². The number of hydrogen-bond donors (Lipinski definition) is 1. The van der Waals surface area contributed by atoms with Crippen molar-refractivity contribution in [3.05, 3.63) is 54.4 Å². The molecule has 41 heavy (non-hydrogen) atoms. The quantitative estimate of drug-likeness (QED) is 0.340. The Morgan fingerprint density at radius 3 is 2.51 bits per heavy atom. The summed E-state index contributed by atoms with van der Waals surface area (Å²) in [6, 6.07) is 5.83. The van der Waals surface area contributed by atoms with Crippen LogP contribution in [-0.4, -0.2) is 70.3 Å². The fourth-order valence-electron chi connectivity index (χ4n) is 5.45. The predicted molar refractivity (Wildman–Crippen MR) is 140 cm³/mol. The van der Waals surface area contributed by atoms with Crippen molar-refractivity contribution in [3.8, 4) is 11.1 Å². The summed E-state index contributed by atoms with van der Waals surface area (Å²) >= 11 is 0. The molecule has 11 nitrogen and oxygen atoms in total. The molecule has 6 rings (SSSR count). The standard InChI is InChI=1S/C27H25F3N8O3/c1-14(39)25-19-7-16(18-10-31-15(2)32-11-18)3-4-20(19)37(35-25)12-24(40)38-21-8-17(21)9-22(38)26(41)33-23-5-6-36(34-23)13-27(28,29)30/h3-7,10-11,17,21-22H,8-9,12-13H2,1-2H3,(H,33,34,41)/t17-,21-,22+/m1/s1. The lowest BCUT2D eigenvalue weighted by Gasteiger charge is -2.26. The molecule has 1 N–H and O–H groups in total. The summed E-state index contributed by atoms with van der Waals surface area (Å²) in [6.45, 7) is 1.72. The molecule has 1 saturated heterocycles. The number of carbonyl (C=O) groups excluding carboxylic acids is 3. The fourth-order valence-corrected chi connectivity index (χ4v) is 5.45. The van der Waals surface area contributed by atoms with Gasteiger partial charge in [0, 0.05) is 48.6 Å². The van der Waals surface area contributed by atoms with Gasteiger partial charge in [0.15, 0.2) is 11.6 Å². The van der Waals surface area contributed by atoms with E-state index < -0.39 is 24.7 Å². The number of alkyl halides is 3. The number of fused-ring (bicyclic) bond motifs is 2. The van der Waals surface area contributed by atoms with Gasteiger partial charge in [-0.25, -0.2) is 9.97 Å². The lowest BCUT2D eigenvalue weighted by atomic mass is 10.0. The molecule has 4 aromatic rings. The van der Waals surface area contributed by atoms with Gasteiger partial charge in [-0.1, -0.05) is 6.07 Å². The van der Waals surface area contributed by atoms with Gasteiger partial charge in [0.2, 0.25) is 11.8 Å². The number of benzene rings is 1. The number of likely N-dealkylation sites (tertiary alicyclic amines) is 1. The van der Waals surface area contributed by atoms with Crippen LogP contribution in [0.5, 0.6) is 0 Å². The first-order valence-corrected chi connectivity index (χ1v) is 13.0. The lowest BCUT2D eigenvalue weighted by Crippen LogP contribution is -2.46. The number of aryl methyl sites for hydroxylation is 1. The van der Waals surface area contributed by atoms with Gasteiger partial charge in [-0.3, -0.25) is 23.7 Å². The molecule has 2 fully saturated rings. The van der Waals surface area contributed by atoms with E-state index in [0.717, 1.165) is 23.7 Å². The average molecular weight is 567 g/mol. The maximum absolute atomic E-state index is 13.6. The van der Waals surface area contributed by atoms with Crippen LogP contribution in [0.3, 0.4) is 0 Å². The molecule has 14 heteroatoms. The van der Waals surface area contributed by atoms with Crippen molar-refractivity contribution in [1.82, 2.24) is 34.4 Å². The number of Topliss-reactive ketones (excluding diaryl/α,β-unsaturated/α-hetero) is 1. The number of ketones is 1. The Morgan fingerprint density at radius 2 is 1.80 bits per heavy atom. The van der Waals surface area contributed by atoms with Gasteiger partial charge in [0.25, 0.3) is 0 Å². The first-order chi connectivity index (χ1) is 19.5. The molecule has 0 bridgehead atoms. The maximum atomic E-state index is 13.6. The maximum Gasteiger partial charge on any atom is 0.408 e. The molecule has 0 spiro atoms.